The number of carboxylic acids is 1. The number of benzene rings is 1. The highest BCUT2D eigenvalue weighted by Gasteiger charge is 2.39. The maximum atomic E-state index is 12.0. The molecule has 0 spiro atoms. The van der Waals surface area contributed by atoms with Crippen molar-refractivity contribution in [3.63, 3.8) is 0 Å². The summed E-state index contributed by atoms with van der Waals surface area (Å²) in [5.74, 6) is -1.65. The second kappa shape index (κ2) is 5.09. The minimum Gasteiger partial charge on any atom is -0.481 e. The summed E-state index contributed by atoms with van der Waals surface area (Å²) in [6.45, 7) is 2.01. The molecule has 0 radical (unpaired) electrons. The number of rotatable bonds is 4. The molecular weight excluding hydrogens is 248 g/mol. The SMILES string of the molecule is CCc1ccc(N2C(=O)N[C@@H](CC(=O)O)C2=O)cc1. The van der Waals surface area contributed by atoms with E-state index in [1.807, 2.05) is 19.1 Å². The Bertz CT molecular complexity index is 524. The molecule has 100 valence electrons. The first-order chi connectivity index (χ1) is 9.02. The van der Waals surface area contributed by atoms with Gasteiger partial charge in [0.1, 0.15) is 6.04 Å². The van der Waals surface area contributed by atoms with E-state index in [-0.39, 0.29) is 0 Å². The van der Waals surface area contributed by atoms with Gasteiger partial charge < -0.3 is 10.4 Å². The number of anilines is 1. The molecule has 19 heavy (non-hydrogen) atoms. The highest BCUT2D eigenvalue weighted by atomic mass is 16.4. The van der Waals surface area contributed by atoms with E-state index in [0.717, 1.165) is 16.9 Å². The van der Waals surface area contributed by atoms with Crippen LogP contribution in [0.15, 0.2) is 24.3 Å². The topological polar surface area (TPSA) is 86.7 Å². The van der Waals surface area contributed by atoms with Crippen LogP contribution in [0.1, 0.15) is 18.9 Å². The average Bonchev–Trinajstić information content (AvgIpc) is 2.64. The summed E-state index contributed by atoms with van der Waals surface area (Å²) < 4.78 is 0. The van der Waals surface area contributed by atoms with Crippen molar-refractivity contribution in [3.05, 3.63) is 29.8 Å². The van der Waals surface area contributed by atoms with Crippen LogP contribution >= 0.6 is 0 Å². The lowest BCUT2D eigenvalue weighted by molar-refractivity contribution is -0.139. The molecule has 0 bridgehead atoms. The molecule has 0 aromatic heterocycles. The molecule has 1 fully saturated rings. The first-order valence-corrected chi connectivity index (χ1v) is 5.98. The van der Waals surface area contributed by atoms with Crippen LogP contribution in [0.5, 0.6) is 0 Å². The largest absolute Gasteiger partial charge is 0.481 e. The molecule has 6 nitrogen and oxygen atoms in total. The highest BCUT2D eigenvalue weighted by molar-refractivity contribution is 6.21. The first-order valence-electron chi connectivity index (χ1n) is 5.98. The van der Waals surface area contributed by atoms with Gasteiger partial charge >= 0.3 is 12.0 Å². The summed E-state index contributed by atoms with van der Waals surface area (Å²) in [4.78, 5) is 35.3. The Labute approximate surface area is 110 Å². The summed E-state index contributed by atoms with van der Waals surface area (Å²) >= 11 is 0. The van der Waals surface area contributed by atoms with E-state index in [9.17, 15) is 14.4 Å². The van der Waals surface area contributed by atoms with Crippen molar-refractivity contribution < 1.29 is 19.5 Å². The second-order valence-corrected chi connectivity index (χ2v) is 4.29. The minimum absolute atomic E-state index is 0.409. The number of urea groups is 1. The lowest BCUT2D eigenvalue weighted by Gasteiger charge is -2.13. The third-order valence-corrected chi connectivity index (χ3v) is 3.00. The molecule has 0 saturated carbocycles. The van der Waals surface area contributed by atoms with Crippen LogP contribution in [0.2, 0.25) is 0 Å². The average molecular weight is 262 g/mol. The van der Waals surface area contributed by atoms with Crippen molar-refractivity contribution in [3.8, 4) is 0 Å². The van der Waals surface area contributed by atoms with Gasteiger partial charge in [-0.2, -0.15) is 0 Å². The second-order valence-electron chi connectivity index (χ2n) is 4.29. The molecule has 1 aromatic rings. The Kier molecular flexibility index (Phi) is 3.50. The van der Waals surface area contributed by atoms with Crippen LogP contribution in [0, 0.1) is 0 Å². The van der Waals surface area contributed by atoms with Gasteiger partial charge in [-0.05, 0) is 24.1 Å². The van der Waals surface area contributed by atoms with Gasteiger partial charge in [0.2, 0.25) is 0 Å². The van der Waals surface area contributed by atoms with E-state index >= 15 is 0 Å². The highest BCUT2D eigenvalue weighted by Crippen LogP contribution is 2.21. The third-order valence-electron chi connectivity index (χ3n) is 3.00. The Balaban J connectivity index is 2.21. The molecule has 1 atom stereocenters. The molecule has 0 unspecified atom stereocenters. The minimum atomic E-state index is -1.12. The van der Waals surface area contributed by atoms with Gasteiger partial charge in [0.05, 0.1) is 12.1 Å². The Hall–Kier alpha value is -2.37. The van der Waals surface area contributed by atoms with Crippen molar-refractivity contribution in [1.29, 1.82) is 0 Å². The lowest BCUT2D eigenvalue weighted by atomic mass is 10.1. The number of carbonyl (C=O) groups excluding carboxylic acids is 2. The number of aryl methyl sites for hydroxylation is 1. The fraction of sp³-hybridized carbons (Fsp3) is 0.308. The number of aliphatic carboxylic acids is 1. The number of imide groups is 1. The molecule has 2 rings (SSSR count). The molecule has 1 saturated heterocycles. The van der Waals surface area contributed by atoms with Crippen molar-refractivity contribution in [2.24, 2.45) is 0 Å². The van der Waals surface area contributed by atoms with Crippen LogP contribution in [-0.4, -0.2) is 29.1 Å². The molecule has 3 amide bonds. The van der Waals surface area contributed by atoms with Gasteiger partial charge in [0.15, 0.2) is 0 Å². The lowest BCUT2D eigenvalue weighted by Crippen LogP contribution is -2.32. The summed E-state index contributed by atoms with van der Waals surface area (Å²) in [5.41, 5.74) is 1.55. The maximum Gasteiger partial charge on any atom is 0.329 e. The fourth-order valence-corrected chi connectivity index (χ4v) is 1.97. The predicted molar refractivity (Wildman–Crippen MR) is 67.9 cm³/mol. The summed E-state index contributed by atoms with van der Waals surface area (Å²) in [7, 11) is 0. The summed E-state index contributed by atoms with van der Waals surface area (Å²) in [5, 5.41) is 11.0. The van der Waals surface area contributed by atoms with Crippen molar-refractivity contribution in [2.45, 2.75) is 25.8 Å². The predicted octanol–water partition coefficient (Wildman–Crippen LogP) is 1.15. The van der Waals surface area contributed by atoms with Gasteiger partial charge in [-0.3, -0.25) is 9.59 Å². The molecule has 2 N–H and O–H groups in total. The standard InChI is InChI=1S/C13H14N2O4/c1-2-8-3-5-9(6-4-8)15-12(18)10(7-11(16)17)14-13(15)19/h3-6,10H,2,7H2,1H3,(H,14,19)(H,16,17)/t10-/m0/s1. The van der Waals surface area contributed by atoms with E-state index < -0.39 is 30.4 Å². The zero-order valence-electron chi connectivity index (χ0n) is 10.4. The molecule has 1 aliphatic rings. The normalized spacial score (nSPS) is 18.6. The molecule has 1 aliphatic heterocycles. The summed E-state index contributed by atoms with van der Waals surface area (Å²) in [6.07, 6.45) is 0.455. The van der Waals surface area contributed by atoms with Crippen LogP contribution in [-0.2, 0) is 16.0 Å². The quantitative estimate of drug-likeness (QED) is 0.797. The monoisotopic (exact) mass is 262 g/mol. The first kappa shape index (κ1) is 13.1. The third kappa shape index (κ3) is 2.57. The Morgan fingerprint density at radius 2 is 1.95 bits per heavy atom. The van der Waals surface area contributed by atoms with Gasteiger partial charge in [-0.25, -0.2) is 9.69 Å². The summed E-state index contributed by atoms with van der Waals surface area (Å²) in [6, 6.07) is 5.45. The van der Waals surface area contributed by atoms with E-state index in [1.165, 1.54) is 0 Å². The number of carboxylic acid groups (broad SMARTS) is 1. The Morgan fingerprint density at radius 3 is 2.47 bits per heavy atom. The van der Waals surface area contributed by atoms with E-state index in [2.05, 4.69) is 5.32 Å². The number of hydrogen-bond acceptors (Lipinski definition) is 3. The van der Waals surface area contributed by atoms with Crippen molar-refractivity contribution >= 4 is 23.6 Å². The van der Waals surface area contributed by atoms with E-state index in [1.54, 1.807) is 12.1 Å². The van der Waals surface area contributed by atoms with Crippen LogP contribution in [0.4, 0.5) is 10.5 Å². The van der Waals surface area contributed by atoms with Crippen LogP contribution in [0.3, 0.4) is 0 Å². The van der Waals surface area contributed by atoms with Gasteiger partial charge in [0.25, 0.3) is 5.91 Å². The van der Waals surface area contributed by atoms with Crippen molar-refractivity contribution in [1.82, 2.24) is 5.32 Å². The van der Waals surface area contributed by atoms with E-state index in [0.29, 0.717) is 5.69 Å². The van der Waals surface area contributed by atoms with Crippen molar-refractivity contribution in [2.75, 3.05) is 4.90 Å². The zero-order chi connectivity index (χ0) is 14.0. The molecule has 1 heterocycles. The molecule has 6 heteroatoms. The van der Waals surface area contributed by atoms with Crippen LogP contribution in [0.25, 0.3) is 0 Å². The van der Waals surface area contributed by atoms with Gasteiger partial charge in [-0.1, -0.05) is 19.1 Å². The van der Waals surface area contributed by atoms with E-state index in [4.69, 9.17) is 5.11 Å². The molecular formula is C13H14N2O4. The van der Waals surface area contributed by atoms with Crippen LogP contribution < -0.4 is 10.2 Å². The fourth-order valence-electron chi connectivity index (χ4n) is 1.97. The number of nitrogens with zero attached hydrogens (tertiary/aromatic N) is 1. The zero-order valence-corrected chi connectivity index (χ0v) is 10.4. The van der Waals surface area contributed by atoms with Gasteiger partial charge in [-0.15, -0.1) is 0 Å². The van der Waals surface area contributed by atoms with Gasteiger partial charge in [0, 0.05) is 0 Å². The maximum absolute atomic E-state index is 12.0. The Morgan fingerprint density at radius 1 is 1.32 bits per heavy atom. The smallest absolute Gasteiger partial charge is 0.329 e. The number of carbonyl (C=O) groups is 3. The number of hydrogen-bond donors (Lipinski definition) is 2. The molecule has 0 aliphatic carbocycles. The molecule has 1 aromatic carbocycles. The number of nitrogens with one attached hydrogen (secondary N) is 1. The number of amides is 3.